The van der Waals surface area contributed by atoms with Crippen molar-refractivity contribution in [3.05, 3.63) is 84.1 Å². The number of hydrogen-bond acceptors (Lipinski definition) is 3. The zero-order valence-electron chi connectivity index (χ0n) is 16.7. The molecule has 0 radical (unpaired) electrons. The van der Waals surface area contributed by atoms with E-state index < -0.39 is 8.07 Å². The van der Waals surface area contributed by atoms with Crippen LogP contribution in [0.25, 0.3) is 33.9 Å². The first-order valence-corrected chi connectivity index (χ1v) is 13.5. The van der Waals surface area contributed by atoms with Crippen LogP contribution >= 0.6 is 11.6 Å². The lowest BCUT2D eigenvalue weighted by Crippen LogP contribution is -2.37. The van der Waals surface area contributed by atoms with Crippen molar-refractivity contribution in [2.75, 3.05) is 0 Å². The third-order valence-electron chi connectivity index (χ3n) is 4.85. The Kier molecular flexibility index (Phi) is 5.31. The van der Waals surface area contributed by atoms with E-state index in [2.05, 4.69) is 72.1 Å². The van der Waals surface area contributed by atoms with Crippen LogP contribution in [0.15, 0.2) is 78.9 Å². The molecule has 0 bridgehead atoms. The van der Waals surface area contributed by atoms with Crippen LogP contribution in [0.4, 0.5) is 0 Å². The van der Waals surface area contributed by atoms with Crippen molar-refractivity contribution >= 4 is 24.9 Å². The van der Waals surface area contributed by atoms with Crippen LogP contribution in [0.5, 0.6) is 0 Å². The van der Waals surface area contributed by atoms with Gasteiger partial charge < -0.3 is 0 Å². The lowest BCUT2D eigenvalue weighted by atomic mass is 10.0. The van der Waals surface area contributed by atoms with Gasteiger partial charge in [-0.15, -0.1) is 0 Å². The number of hydrogen-bond donors (Lipinski definition) is 0. The van der Waals surface area contributed by atoms with Gasteiger partial charge in [0.1, 0.15) is 0 Å². The van der Waals surface area contributed by atoms with Gasteiger partial charge in [-0.2, -0.15) is 9.97 Å². The molecular weight excluding hydrogens is 394 g/mol. The van der Waals surface area contributed by atoms with Crippen molar-refractivity contribution < 1.29 is 0 Å². The Labute approximate surface area is 177 Å². The number of benzene rings is 3. The van der Waals surface area contributed by atoms with Gasteiger partial charge in [0, 0.05) is 11.1 Å². The third-order valence-corrected chi connectivity index (χ3v) is 7.06. The molecule has 1 aromatic heterocycles. The van der Waals surface area contributed by atoms with Gasteiger partial charge in [0.2, 0.25) is 5.28 Å². The van der Waals surface area contributed by atoms with Gasteiger partial charge in [-0.05, 0) is 22.7 Å². The quantitative estimate of drug-likeness (QED) is 0.379. The first-order chi connectivity index (χ1) is 13.9. The topological polar surface area (TPSA) is 38.7 Å². The van der Waals surface area contributed by atoms with E-state index in [1.165, 1.54) is 10.8 Å². The number of nitrogens with zero attached hydrogens (tertiary/aromatic N) is 3. The highest BCUT2D eigenvalue weighted by atomic mass is 35.5. The molecule has 3 nitrogen and oxygen atoms in total. The van der Waals surface area contributed by atoms with Gasteiger partial charge in [-0.25, -0.2) is 4.98 Å². The van der Waals surface area contributed by atoms with Crippen LogP contribution in [0.1, 0.15) is 0 Å². The molecule has 5 heteroatoms. The summed E-state index contributed by atoms with van der Waals surface area (Å²) in [7, 11) is -1.43. The second-order valence-electron chi connectivity index (χ2n) is 8.03. The molecule has 0 aliphatic rings. The lowest BCUT2D eigenvalue weighted by Gasteiger charge is -2.17. The molecule has 29 heavy (non-hydrogen) atoms. The minimum Gasteiger partial charge on any atom is -0.208 e. The fourth-order valence-electron chi connectivity index (χ4n) is 3.18. The van der Waals surface area contributed by atoms with Gasteiger partial charge in [0.05, 0.1) is 8.07 Å². The van der Waals surface area contributed by atoms with E-state index in [-0.39, 0.29) is 5.28 Å². The average molecular weight is 416 g/mol. The molecule has 144 valence electrons. The van der Waals surface area contributed by atoms with Crippen LogP contribution in [0, 0.1) is 0 Å². The van der Waals surface area contributed by atoms with Crippen LogP contribution in [-0.4, -0.2) is 23.0 Å². The van der Waals surface area contributed by atoms with Crippen molar-refractivity contribution in [2.24, 2.45) is 0 Å². The largest absolute Gasteiger partial charge is 0.226 e. The van der Waals surface area contributed by atoms with Gasteiger partial charge in [0.15, 0.2) is 11.6 Å². The minimum atomic E-state index is -1.43. The van der Waals surface area contributed by atoms with Crippen LogP contribution < -0.4 is 5.19 Å². The normalized spacial score (nSPS) is 11.4. The highest BCUT2D eigenvalue weighted by Gasteiger charge is 2.18. The van der Waals surface area contributed by atoms with Crippen LogP contribution in [-0.2, 0) is 0 Å². The summed E-state index contributed by atoms with van der Waals surface area (Å²) >= 11 is 6.25. The average Bonchev–Trinajstić information content (AvgIpc) is 2.73. The summed E-state index contributed by atoms with van der Waals surface area (Å²) < 4.78 is 0. The van der Waals surface area contributed by atoms with Crippen molar-refractivity contribution in [1.29, 1.82) is 0 Å². The first-order valence-electron chi connectivity index (χ1n) is 9.58. The van der Waals surface area contributed by atoms with Gasteiger partial charge >= 0.3 is 0 Å². The Bertz CT molecular complexity index is 1140. The molecule has 0 N–H and O–H groups in total. The molecule has 0 saturated heterocycles. The summed E-state index contributed by atoms with van der Waals surface area (Å²) in [4.78, 5) is 13.4. The van der Waals surface area contributed by atoms with Crippen molar-refractivity contribution in [1.82, 2.24) is 15.0 Å². The minimum absolute atomic E-state index is 0.204. The van der Waals surface area contributed by atoms with E-state index in [1.807, 2.05) is 36.4 Å². The van der Waals surface area contributed by atoms with Crippen LogP contribution in [0.2, 0.25) is 24.9 Å². The molecule has 0 amide bonds. The molecule has 0 saturated carbocycles. The fraction of sp³-hybridized carbons (Fsp3) is 0.125. The molecule has 0 fully saturated rings. The van der Waals surface area contributed by atoms with Crippen molar-refractivity contribution in [3.63, 3.8) is 0 Å². The number of aromatic nitrogens is 3. The van der Waals surface area contributed by atoms with E-state index >= 15 is 0 Å². The summed E-state index contributed by atoms with van der Waals surface area (Å²) in [5, 5.41) is 1.57. The molecule has 0 atom stereocenters. The highest BCUT2D eigenvalue weighted by molar-refractivity contribution is 6.88. The second-order valence-corrected chi connectivity index (χ2v) is 13.4. The zero-order chi connectivity index (χ0) is 20.4. The van der Waals surface area contributed by atoms with E-state index in [9.17, 15) is 0 Å². The molecule has 4 rings (SSSR count). The first kappa shape index (κ1) is 19.5. The summed E-state index contributed by atoms with van der Waals surface area (Å²) in [5.41, 5.74) is 4.21. The lowest BCUT2D eigenvalue weighted by molar-refractivity contribution is 1.07. The van der Waals surface area contributed by atoms with E-state index in [1.54, 1.807) is 0 Å². The van der Waals surface area contributed by atoms with Crippen LogP contribution in [0.3, 0.4) is 0 Å². The SMILES string of the molecule is C[Si](C)(C)c1cccc(-c2nc(Cl)nc(-c3ccc(-c4ccccc4)cc3)n2)c1. The predicted molar refractivity (Wildman–Crippen MR) is 124 cm³/mol. The Morgan fingerprint density at radius 3 is 1.79 bits per heavy atom. The summed E-state index contributed by atoms with van der Waals surface area (Å²) in [6.07, 6.45) is 0. The van der Waals surface area contributed by atoms with E-state index in [4.69, 9.17) is 16.6 Å². The molecule has 4 aromatic rings. The second kappa shape index (κ2) is 7.89. The molecule has 0 aliphatic heterocycles. The van der Waals surface area contributed by atoms with Gasteiger partial charge in [-0.3, -0.25) is 0 Å². The Morgan fingerprint density at radius 1 is 0.586 bits per heavy atom. The molecular formula is C24H22ClN3Si. The maximum atomic E-state index is 6.25. The summed E-state index contributed by atoms with van der Waals surface area (Å²) in [6.45, 7) is 6.98. The van der Waals surface area contributed by atoms with E-state index in [0.717, 1.165) is 16.7 Å². The number of halogens is 1. The Hall–Kier alpha value is -2.82. The maximum Gasteiger partial charge on any atom is 0.226 e. The maximum absolute atomic E-state index is 6.25. The molecule has 1 heterocycles. The predicted octanol–water partition coefficient (Wildman–Crippen LogP) is 6.07. The number of rotatable bonds is 4. The summed E-state index contributed by atoms with van der Waals surface area (Å²) in [5.74, 6) is 1.19. The third kappa shape index (κ3) is 4.44. The molecule has 0 aliphatic carbocycles. The Morgan fingerprint density at radius 2 is 1.14 bits per heavy atom. The smallest absolute Gasteiger partial charge is 0.208 e. The van der Waals surface area contributed by atoms with E-state index in [0.29, 0.717) is 11.6 Å². The summed E-state index contributed by atoms with van der Waals surface area (Å²) in [6, 6.07) is 26.9. The highest BCUT2D eigenvalue weighted by Crippen LogP contribution is 2.25. The Balaban J connectivity index is 1.71. The van der Waals surface area contributed by atoms with Crippen molar-refractivity contribution in [2.45, 2.75) is 19.6 Å². The fourth-order valence-corrected chi connectivity index (χ4v) is 4.52. The standard InChI is InChI=1S/C24H22ClN3Si/c1-29(2,3)21-11-7-10-20(16-21)23-26-22(27-24(25)28-23)19-14-12-18(13-15-19)17-8-5-4-6-9-17/h4-16H,1-3H3. The zero-order valence-corrected chi connectivity index (χ0v) is 18.5. The molecule has 0 spiro atoms. The monoisotopic (exact) mass is 415 g/mol. The van der Waals surface area contributed by atoms with Gasteiger partial charge in [0.25, 0.3) is 0 Å². The van der Waals surface area contributed by atoms with Crippen molar-refractivity contribution in [3.8, 4) is 33.9 Å². The van der Waals surface area contributed by atoms with Gasteiger partial charge in [-0.1, -0.05) is 104 Å². The molecule has 3 aromatic carbocycles. The molecule has 0 unspecified atom stereocenters.